The van der Waals surface area contributed by atoms with Crippen molar-refractivity contribution in [3.8, 4) is 0 Å². The zero-order valence-electron chi connectivity index (χ0n) is 8.83. The predicted octanol–water partition coefficient (Wildman–Crippen LogP) is 1.93. The Morgan fingerprint density at radius 3 is 2.87 bits per heavy atom. The first kappa shape index (κ1) is 12.3. The van der Waals surface area contributed by atoms with E-state index in [1.807, 2.05) is 0 Å². The standard InChI is InChI=1S/C11H16FNOS/c1-2-6-13-7-8-15(14)11-5-3-4-10(12)9-11/h3-5,9,13H,2,6-8H2,1H3. The van der Waals surface area contributed by atoms with E-state index in [1.165, 1.54) is 12.1 Å². The largest absolute Gasteiger partial charge is 0.316 e. The summed E-state index contributed by atoms with van der Waals surface area (Å²) in [7, 11) is -1.10. The van der Waals surface area contributed by atoms with Crippen LogP contribution in [0.4, 0.5) is 4.39 Å². The van der Waals surface area contributed by atoms with Crippen LogP contribution in [0.2, 0.25) is 0 Å². The van der Waals surface area contributed by atoms with Crippen LogP contribution in [0.25, 0.3) is 0 Å². The van der Waals surface area contributed by atoms with Gasteiger partial charge in [-0.3, -0.25) is 4.21 Å². The van der Waals surface area contributed by atoms with Crippen LogP contribution in [-0.2, 0) is 10.8 Å². The minimum atomic E-state index is -1.10. The molecule has 1 N–H and O–H groups in total. The molecular formula is C11H16FNOS. The van der Waals surface area contributed by atoms with Crippen molar-refractivity contribution in [3.05, 3.63) is 30.1 Å². The van der Waals surface area contributed by atoms with E-state index in [0.717, 1.165) is 13.0 Å². The van der Waals surface area contributed by atoms with Crippen molar-refractivity contribution in [2.45, 2.75) is 18.2 Å². The highest BCUT2D eigenvalue weighted by Crippen LogP contribution is 2.08. The monoisotopic (exact) mass is 229 g/mol. The fourth-order valence-electron chi connectivity index (χ4n) is 1.19. The third kappa shape index (κ3) is 4.53. The molecule has 1 atom stereocenters. The Kier molecular flexibility index (Phi) is 5.50. The van der Waals surface area contributed by atoms with Gasteiger partial charge in [0.15, 0.2) is 0 Å². The van der Waals surface area contributed by atoms with Crippen LogP contribution < -0.4 is 5.32 Å². The van der Waals surface area contributed by atoms with Crippen molar-refractivity contribution >= 4 is 10.8 Å². The number of hydrogen-bond acceptors (Lipinski definition) is 2. The molecule has 0 aliphatic carbocycles. The molecule has 1 aromatic rings. The maximum atomic E-state index is 12.8. The molecule has 1 unspecified atom stereocenters. The first-order chi connectivity index (χ1) is 7.24. The third-order valence-electron chi connectivity index (χ3n) is 1.95. The Labute approximate surface area is 92.3 Å². The molecule has 0 aliphatic heterocycles. The summed E-state index contributed by atoms with van der Waals surface area (Å²) < 4.78 is 24.5. The molecule has 0 amide bonds. The van der Waals surface area contributed by atoms with E-state index in [4.69, 9.17) is 0 Å². The molecule has 4 heteroatoms. The van der Waals surface area contributed by atoms with Crippen molar-refractivity contribution in [1.29, 1.82) is 0 Å². The SMILES string of the molecule is CCCNCCS(=O)c1cccc(F)c1. The Bertz CT molecular complexity index is 330. The van der Waals surface area contributed by atoms with E-state index < -0.39 is 10.8 Å². The highest BCUT2D eigenvalue weighted by Gasteiger charge is 2.03. The number of hydrogen-bond donors (Lipinski definition) is 1. The van der Waals surface area contributed by atoms with Crippen LogP contribution in [0.3, 0.4) is 0 Å². The average Bonchev–Trinajstić information content (AvgIpc) is 2.24. The molecule has 0 saturated carbocycles. The number of nitrogens with one attached hydrogen (secondary N) is 1. The van der Waals surface area contributed by atoms with Crippen LogP contribution >= 0.6 is 0 Å². The molecule has 0 aliphatic rings. The summed E-state index contributed by atoms with van der Waals surface area (Å²) in [5, 5.41) is 3.16. The first-order valence-electron chi connectivity index (χ1n) is 5.08. The van der Waals surface area contributed by atoms with Crippen molar-refractivity contribution in [2.24, 2.45) is 0 Å². The molecule has 1 aromatic carbocycles. The summed E-state index contributed by atoms with van der Waals surface area (Å²) in [5.74, 6) is 0.200. The van der Waals surface area contributed by atoms with E-state index in [2.05, 4.69) is 12.2 Å². The Hall–Kier alpha value is -0.740. The predicted molar refractivity (Wildman–Crippen MR) is 60.8 cm³/mol. The molecule has 0 saturated heterocycles. The van der Waals surface area contributed by atoms with Gasteiger partial charge in [0.2, 0.25) is 0 Å². The normalized spacial score (nSPS) is 12.7. The van der Waals surface area contributed by atoms with Gasteiger partial charge in [-0.25, -0.2) is 4.39 Å². The summed E-state index contributed by atoms with van der Waals surface area (Å²) in [6.07, 6.45) is 1.06. The Morgan fingerprint density at radius 2 is 2.20 bits per heavy atom. The molecule has 0 bridgehead atoms. The van der Waals surface area contributed by atoms with Crippen LogP contribution in [-0.4, -0.2) is 23.1 Å². The van der Waals surface area contributed by atoms with Gasteiger partial charge >= 0.3 is 0 Å². The molecule has 1 rings (SSSR count). The van der Waals surface area contributed by atoms with Crippen LogP contribution in [0, 0.1) is 5.82 Å². The fourth-order valence-corrected chi connectivity index (χ4v) is 2.23. The molecule has 0 aromatic heterocycles. The van der Waals surface area contributed by atoms with Crippen LogP contribution in [0.15, 0.2) is 29.2 Å². The molecule has 0 radical (unpaired) electrons. The van der Waals surface area contributed by atoms with E-state index in [-0.39, 0.29) is 5.82 Å². The molecule has 0 heterocycles. The lowest BCUT2D eigenvalue weighted by Crippen LogP contribution is -2.21. The van der Waals surface area contributed by atoms with E-state index in [0.29, 0.717) is 17.2 Å². The summed E-state index contributed by atoms with van der Waals surface area (Å²) in [6.45, 7) is 3.72. The lowest BCUT2D eigenvalue weighted by Gasteiger charge is -2.03. The van der Waals surface area contributed by atoms with Crippen molar-refractivity contribution in [1.82, 2.24) is 5.32 Å². The van der Waals surface area contributed by atoms with E-state index >= 15 is 0 Å². The van der Waals surface area contributed by atoms with E-state index in [9.17, 15) is 8.60 Å². The van der Waals surface area contributed by atoms with Gasteiger partial charge in [0, 0.05) is 17.2 Å². The summed E-state index contributed by atoms with van der Waals surface area (Å²) >= 11 is 0. The van der Waals surface area contributed by atoms with Gasteiger partial charge in [0.05, 0.1) is 10.8 Å². The maximum Gasteiger partial charge on any atom is 0.124 e. The molecule has 2 nitrogen and oxygen atoms in total. The zero-order chi connectivity index (χ0) is 11.1. The minimum absolute atomic E-state index is 0.331. The van der Waals surface area contributed by atoms with Gasteiger partial charge in [-0.1, -0.05) is 13.0 Å². The lowest BCUT2D eigenvalue weighted by atomic mass is 10.4. The van der Waals surface area contributed by atoms with Gasteiger partial charge in [-0.2, -0.15) is 0 Å². The van der Waals surface area contributed by atoms with Gasteiger partial charge in [-0.15, -0.1) is 0 Å². The molecule has 0 spiro atoms. The van der Waals surface area contributed by atoms with Crippen molar-refractivity contribution in [2.75, 3.05) is 18.8 Å². The fraction of sp³-hybridized carbons (Fsp3) is 0.455. The minimum Gasteiger partial charge on any atom is -0.316 e. The van der Waals surface area contributed by atoms with Crippen LogP contribution in [0.1, 0.15) is 13.3 Å². The highest BCUT2D eigenvalue weighted by atomic mass is 32.2. The van der Waals surface area contributed by atoms with Crippen molar-refractivity contribution < 1.29 is 8.60 Å². The molecule has 15 heavy (non-hydrogen) atoms. The average molecular weight is 229 g/mol. The Morgan fingerprint density at radius 1 is 1.40 bits per heavy atom. The van der Waals surface area contributed by atoms with Crippen LogP contribution in [0.5, 0.6) is 0 Å². The highest BCUT2D eigenvalue weighted by molar-refractivity contribution is 7.85. The summed E-state index contributed by atoms with van der Waals surface area (Å²) in [6, 6.07) is 5.97. The summed E-state index contributed by atoms with van der Waals surface area (Å²) in [5.41, 5.74) is 0. The van der Waals surface area contributed by atoms with Gasteiger partial charge in [-0.05, 0) is 31.2 Å². The Balaban J connectivity index is 2.40. The topological polar surface area (TPSA) is 29.1 Å². The van der Waals surface area contributed by atoms with Gasteiger partial charge in [0.25, 0.3) is 0 Å². The smallest absolute Gasteiger partial charge is 0.124 e. The van der Waals surface area contributed by atoms with E-state index in [1.54, 1.807) is 12.1 Å². The van der Waals surface area contributed by atoms with Gasteiger partial charge in [0.1, 0.15) is 5.82 Å². The van der Waals surface area contributed by atoms with Crippen molar-refractivity contribution in [3.63, 3.8) is 0 Å². The first-order valence-corrected chi connectivity index (χ1v) is 6.40. The third-order valence-corrected chi connectivity index (χ3v) is 3.30. The molecular weight excluding hydrogens is 213 g/mol. The maximum absolute atomic E-state index is 12.8. The second kappa shape index (κ2) is 6.69. The molecule has 0 fully saturated rings. The quantitative estimate of drug-likeness (QED) is 0.755. The number of rotatable bonds is 6. The van der Waals surface area contributed by atoms with Gasteiger partial charge < -0.3 is 5.32 Å². The second-order valence-corrected chi connectivity index (χ2v) is 4.83. The number of halogens is 1. The number of benzene rings is 1. The second-order valence-electron chi connectivity index (χ2n) is 3.26. The summed E-state index contributed by atoms with van der Waals surface area (Å²) in [4.78, 5) is 0.563. The lowest BCUT2D eigenvalue weighted by molar-refractivity contribution is 0.622. The zero-order valence-corrected chi connectivity index (χ0v) is 9.65. The molecule has 84 valence electrons.